The van der Waals surface area contributed by atoms with Crippen LogP contribution in [0.15, 0.2) is 24.3 Å². The van der Waals surface area contributed by atoms with Gasteiger partial charge in [-0.1, -0.05) is 69.8 Å². The minimum absolute atomic E-state index is 0.381. The van der Waals surface area contributed by atoms with Gasteiger partial charge in [0.15, 0.2) is 0 Å². The minimum atomic E-state index is -1.29. The van der Waals surface area contributed by atoms with Crippen molar-refractivity contribution in [2.45, 2.75) is 51.9 Å². The summed E-state index contributed by atoms with van der Waals surface area (Å²) in [6.07, 6.45) is 13.0. The van der Waals surface area contributed by atoms with E-state index in [9.17, 15) is 19.8 Å². The maximum atomic E-state index is 11.6. The molecule has 0 aliphatic heterocycles. The molecule has 0 aromatic heterocycles. The molecule has 1 aliphatic rings. The summed E-state index contributed by atoms with van der Waals surface area (Å²) in [5, 5.41) is 18.7. The molecule has 0 radical (unpaired) electrons. The fourth-order valence-corrected chi connectivity index (χ4v) is 2.73. The Morgan fingerprint density at radius 2 is 1.70 bits per heavy atom. The zero-order valence-corrected chi connectivity index (χ0v) is 12.0. The molecule has 0 heterocycles. The van der Waals surface area contributed by atoms with Crippen LogP contribution in [0.5, 0.6) is 0 Å². The van der Waals surface area contributed by atoms with E-state index in [-0.39, 0.29) is 0 Å². The lowest BCUT2D eigenvalue weighted by Gasteiger charge is -2.32. The van der Waals surface area contributed by atoms with Crippen molar-refractivity contribution in [2.24, 2.45) is 11.3 Å². The predicted octanol–water partition coefficient (Wildman–Crippen LogP) is 3.63. The highest BCUT2D eigenvalue weighted by molar-refractivity contribution is 5.87. The summed E-state index contributed by atoms with van der Waals surface area (Å²) in [6, 6.07) is 0. The molecule has 0 saturated carbocycles. The first kappa shape index (κ1) is 16.5. The summed E-state index contributed by atoms with van der Waals surface area (Å²) >= 11 is 0. The summed E-state index contributed by atoms with van der Waals surface area (Å²) in [5.41, 5.74) is -1.29. The molecule has 2 unspecified atom stereocenters. The van der Waals surface area contributed by atoms with E-state index >= 15 is 0 Å². The number of carbonyl (C=O) groups is 2. The molecule has 0 aromatic rings. The van der Waals surface area contributed by atoms with Gasteiger partial charge in [-0.25, -0.2) is 0 Å². The molecule has 1 aliphatic carbocycles. The second kappa shape index (κ2) is 7.88. The van der Waals surface area contributed by atoms with Crippen LogP contribution in [-0.4, -0.2) is 22.2 Å². The summed E-state index contributed by atoms with van der Waals surface area (Å²) in [6.45, 7) is 2.15. The average Bonchev–Trinajstić information content (AvgIpc) is 2.42. The summed E-state index contributed by atoms with van der Waals surface area (Å²) in [7, 11) is 0. The van der Waals surface area contributed by atoms with Gasteiger partial charge in [0.25, 0.3) is 0 Å². The second-order valence-electron chi connectivity index (χ2n) is 5.42. The first-order chi connectivity index (χ1) is 9.54. The lowest BCUT2D eigenvalue weighted by atomic mass is 9.69. The van der Waals surface area contributed by atoms with Crippen molar-refractivity contribution >= 4 is 11.9 Å². The fourth-order valence-electron chi connectivity index (χ4n) is 2.73. The zero-order valence-electron chi connectivity index (χ0n) is 12.0. The lowest BCUT2D eigenvalue weighted by Crippen LogP contribution is -2.41. The van der Waals surface area contributed by atoms with E-state index in [1.807, 2.05) is 0 Å². The van der Waals surface area contributed by atoms with Gasteiger partial charge in [0.2, 0.25) is 0 Å². The Bertz CT molecular complexity index is 397. The smallest absolute Gasteiger partial charge is 0.314 e. The number of allylic oxidation sites excluding steroid dienone is 2. The Morgan fingerprint density at radius 3 is 2.30 bits per heavy atom. The van der Waals surface area contributed by atoms with Crippen LogP contribution >= 0.6 is 0 Å². The molecule has 0 amide bonds. The van der Waals surface area contributed by atoms with Gasteiger partial charge >= 0.3 is 11.9 Å². The van der Waals surface area contributed by atoms with E-state index in [2.05, 4.69) is 6.92 Å². The second-order valence-corrected chi connectivity index (χ2v) is 5.42. The Hall–Kier alpha value is -1.58. The van der Waals surface area contributed by atoms with Crippen molar-refractivity contribution < 1.29 is 19.8 Å². The summed E-state index contributed by atoms with van der Waals surface area (Å²) in [4.78, 5) is 22.9. The van der Waals surface area contributed by atoms with E-state index in [4.69, 9.17) is 0 Å². The van der Waals surface area contributed by atoms with Gasteiger partial charge in [0.05, 0.1) is 5.92 Å². The van der Waals surface area contributed by atoms with Crippen molar-refractivity contribution in [1.82, 2.24) is 0 Å². The van der Waals surface area contributed by atoms with Crippen LogP contribution < -0.4 is 0 Å². The third-order valence-corrected chi connectivity index (χ3v) is 3.97. The van der Waals surface area contributed by atoms with Crippen molar-refractivity contribution in [2.75, 3.05) is 0 Å². The van der Waals surface area contributed by atoms with Gasteiger partial charge in [-0.15, -0.1) is 0 Å². The average molecular weight is 280 g/mol. The zero-order chi connectivity index (χ0) is 15.0. The predicted molar refractivity (Wildman–Crippen MR) is 77.5 cm³/mol. The van der Waals surface area contributed by atoms with Crippen LogP contribution in [0.4, 0.5) is 0 Å². The summed E-state index contributed by atoms with van der Waals surface area (Å²) in [5.74, 6) is -3.08. The molecule has 4 nitrogen and oxygen atoms in total. The Kier molecular flexibility index (Phi) is 6.49. The molecular weight excluding hydrogens is 256 g/mol. The minimum Gasteiger partial charge on any atom is -0.481 e. The normalized spacial score (nSPS) is 24.8. The highest BCUT2D eigenvalue weighted by atomic mass is 16.4. The van der Waals surface area contributed by atoms with E-state index in [0.29, 0.717) is 6.42 Å². The van der Waals surface area contributed by atoms with Crippen molar-refractivity contribution in [3.63, 3.8) is 0 Å². The van der Waals surface area contributed by atoms with Crippen LogP contribution in [0.1, 0.15) is 51.9 Å². The van der Waals surface area contributed by atoms with Crippen LogP contribution in [0.2, 0.25) is 0 Å². The molecule has 112 valence electrons. The Balaban J connectivity index is 2.63. The lowest BCUT2D eigenvalue weighted by molar-refractivity contribution is -0.157. The van der Waals surface area contributed by atoms with E-state index in [1.165, 1.54) is 18.9 Å². The molecule has 4 heteroatoms. The molecular formula is C16H24O4. The molecule has 1 rings (SSSR count). The van der Waals surface area contributed by atoms with E-state index < -0.39 is 23.3 Å². The number of aliphatic carboxylic acids is 2. The van der Waals surface area contributed by atoms with Crippen LogP contribution in [0, 0.1) is 11.3 Å². The number of unbranched alkanes of at least 4 members (excludes halogenated alkanes) is 5. The topological polar surface area (TPSA) is 74.6 Å². The molecule has 0 saturated heterocycles. The van der Waals surface area contributed by atoms with Gasteiger partial charge in [0.1, 0.15) is 5.41 Å². The number of carboxylic acid groups (broad SMARTS) is 2. The van der Waals surface area contributed by atoms with Crippen LogP contribution in [0.25, 0.3) is 0 Å². The van der Waals surface area contributed by atoms with Crippen LogP contribution in [0.3, 0.4) is 0 Å². The Morgan fingerprint density at radius 1 is 1.05 bits per heavy atom. The Labute approximate surface area is 120 Å². The standard InChI is InChI=1S/C16H24O4/c1-2-3-4-5-6-8-11-16(15(19)20)12-9-7-10-13(16)14(17)18/h7,9-10,12-13H,2-6,8,11H2,1H3,(H,17,18)(H,19,20). The number of carboxylic acids is 2. The first-order valence-corrected chi connectivity index (χ1v) is 7.37. The molecule has 2 atom stereocenters. The van der Waals surface area contributed by atoms with Gasteiger partial charge in [-0.3, -0.25) is 9.59 Å². The maximum Gasteiger partial charge on any atom is 0.314 e. The number of rotatable bonds is 9. The number of hydrogen-bond donors (Lipinski definition) is 2. The van der Waals surface area contributed by atoms with Crippen molar-refractivity contribution in [1.29, 1.82) is 0 Å². The quantitative estimate of drug-likeness (QED) is 0.632. The third kappa shape index (κ3) is 3.95. The molecule has 0 spiro atoms. The van der Waals surface area contributed by atoms with E-state index in [0.717, 1.165) is 25.7 Å². The van der Waals surface area contributed by atoms with E-state index in [1.54, 1.807) is 18.2 Å². The van der Waals surface area contributed by atoms with Gasteiger partial charge < -0.3 is 10.2 Å². The van der Waals surface area contributed by atoms with Gasteiger partial charge in [0, 0.05) is 0 Å². The SMILES string of the molecule is CCCCCCCCC1(C(=O)O)C=CC=CC1C(=O)O. The molecule has 20 heavy (non-hydrogen) atoms. The molecule has 2 N–H and O–H groups in total. The molecule has 0 aromatic carbocycles. The molecule has 0 bridgehead atoms. The van der Waals surface area contributed by atoms with Crippen LogP contribution in [-0.2, 0) is 9.59 Å². The van der Waals surface area contributed by atoms with Crippen molar-refractivity contribution in [3.05, 3.63) is 24.3 Å². The van der Waals surface area contributed by atoms with Gasteiger partial charge in [-0.2, -0.15) is 0 Å². The monoisotopic (exact) mass is 280 g/mol. The van der Waals surface area contributed by atoms with Gasteiger partial charge in [-0.05, 0) is 6.42 Å². The highest BCUT2D eigenvalue weighted by Gasteiger charge is 2.46. The van der Waals surface area contributed by atoms with Crippen molar-refractivity contribution in [3.8, 4) is 0 Å². The highest BCUT2D eigenvalue weighted by Crippen LogP contribution is 2.39. The largest absolute Gasteiger partial charge is 0.481 e. The first-order valence-electron chi connectivity index (χ1n) is 7.37. The summed E-state index contributed by atoms with van der Waals surface area (Å²) < 4.78 is 0. The molecule has 0 fully saturated rings. The number of hydrogen-bond acceptors (Lipinski definition) is 2. The maximum absolute atomic E-state index is 11.6. The third-order valence-electron chi connectivity index (χ3n) is 3.97. The fraction of sp³-hybridized carbons (Fsp3) is 0.625.